The molecule has 0 spiro atoms. The first kappa shape index (κ1) is 6.14. The molecule has 3 heteroatoms. The SMILES string of the molecule is C/C(=C/O)C(=N)F. The van der Waals surface area contributed by atoms with Gasteiger partial charge in [-0.2, -0.15) is 4.39 Å². The molecule has 0 fully saturated rings. The maximum absolute atomic E-state index is 11.5. The van der Waals surface area contributed by atoms with Gasteiger partial charge in [0.1, 0.15) is 0 Å². The Morgan fingerprint density at radius 3 is 2.29 bits per heavy atom. The number of aliphatic hydroxyl groups excluding tert-OH is 1. The number of halogens is 1. The van der Waals surface area contributed by atoms with E-state index < -0.39 is 5.97 Å². The first-order valence-electron chi connectivity index (χ1n) is 1.74. The lowest BCUT2D eigenvalue weighted by molar-refractivity contribution is 0.469. The molecular formula is C4H6FNO. The number of allylic oxidation sites excluding steroid dienone is 1. The average molecular weight is 103 g/mol. The molecule has 0 aliphatic heterocycles. The summed E-state index contributed by atoms with van der Waals surface area (Å²) < 4.78 is 11.5. The van der Waals surface area contributed by atoms with E-state index in [-0.39, 0.29) is 5.57 Å². The van der Waals surface area contributed by atoms with Gasteiger partial charge in [-0.15, -0.1) is 0 Å². The highest BCUT2D eigenvalue weighted by molar-refractivity contribution is 5.88. The monoisotopic (exact) mass is 103 g/mol. The number of hydrogen-bond donors (Lipinski definition) is 2. The largest absolute Gasteiger partial charge is 0.515 e. The Morgan fingerprint density at radius 1 is 1.86 bits per heavy atom. The minimum atomic E-state index is -1.09. The summed E-state index contributed by atoms with van der Waals surface area (Å²) in [5.74, 6) is -1.09. The van der Waals surface area contributed by atoms with Crippen LogP contribution in [0.1, 0.15) is 6.92 Å². The summed E-state index contributed by atoms with van der Waals surface area (Å²) >= 11 is 0. The van der Waals surface area contributed by atoms with Crippen LogP contribution in [0.2, 0.25) is 0 Å². The van der Waals surface area contributed by atoms with Crippen LogP contribution in [0.15, 0.2) is 11.8 Å². The van der Waals surface area contributed by atoms with Crippen LogP contribution in [0.25, 0.3) is 0 Å². The highest BCUT2D eigenvalue weighted by Gasteiger charge is 1.91. The van der Waals surface area contributed by atoms with Crippen LogP contribution >= 0.6 is 0 Å². The van der Waals surface area contributed by atoms with E-state index in [2.05, 4.69) is 0 Å². The van der Waals surface area contributed by atoms with Crippen molar-refractivity contribution in [3.63, 3.8) is 0 Å². The molecule has 0 radical (unpaired) electrons. The molecule has 0 aromatic heterocycles. The predicted molar refractivity (Wildman–Crippen MR) is 25.2 cm³/mol. The van der Waals surface area contributed by atoms with Gasteiger partial charge in [0.2, 0.25) is 5.97 Å². The molecule has 0 bridgehead atoms. The molecule has 7 heavy (non-hydrogen) atoms. The van der Waals surface area contributed by atoms with Gasteiger partial charge in [-0.05, 0) is 6.92 Å². The third kappa shape index (κ3) is 1.92. The van der Waals surface area contributed by atoms with E-state index in [9.17, 15) is 4.39 Å². The zero-order valence-corrected chi connectivity index (χ0v) is 3.90. The van der Waals surface area contributed by atoms with Crippen molar-refractivity contribution in [2.45, 2.75) is 6.92 Å². The van der Waals surface area contributed by atoms with E-state index in [0.29, 0.717) is 6.26 Å². The van der Waals surface area contributed by atoms with E-state index in [1.807, 2.05) is 0 Å². The fraction of sp³-hybridized carbons (Fsp3) is 0.250. The lowest BCUT2D eigenvalue weighted by Gasteiger charge is -1.84. The summed E-state index contributed by atoms with van der Waals surface area (Å²) in [7, 11) is 0. The topological polar surface area (TPSA) is 44.1 Å². The number of nitrogens with one attached hydrogen (secondary N) is 1. The van der Waals surface area contributed by atoms with Gasteiger partial charge in [-0.3, -0.25) is 5.41 Å². The maximum atomic E-state index is 11.5. The summed E-state index contributed by atoms with van der Waals surface area (Å²) in [6.45, 7) is 1.31. The molecule has 0 saturated carbocycles. The highest BCUT2D eigenvalue weighted by Crippen LogP contribution is 1.91. The summed E-state index contributed by atoms with van der Waals surface area (Å²) in [4.78, 5) is 0. The van der Waals surface area contributed by atoms with Crippen LogP contribution < -0.4 is 0 Å². The Balaban J connectivity index is 3.82. The molecule has 40 valence electrons. The molecule has 0 aromatic rings. The van der Waals surface area contributed by atoms with Crippen molar-refractivity contribution in [1.29, 1.82) is 5.41 Å². The lowest BCUT2D eigenvalue weighted by Crippen LogP contribution is -1.85. The smallest absolute Gasteiger partial charge is 0.211 e. The Bertz CT molecular complexity index is 108. The third-order valence-corrected chi connectivity index (χ3v) is 0.540. The zero-order valence-electron chi connectivity index (χ0n) is 3.90. The summed E-state index contributed by atoms with van der Waals surface area (Å²) in [5.41, 5.74) is -0.0556. The standard InChI is InChI=1S/C4H6FNO/c1-3(2-7)4(5)6/h2,6-7H,1H3/b3-2-,6-4?. The fourth-order valence-corrected chi connectivity index (χ4v) is 0.0567. The van der Waals surface area contributed by atoms with Crippen LogP contribution in [0.4, 0.5) is 4.39 Å². The molecule has 0 rings (SSSR count). The quantitative estimate of drug-likeness (QED) is 0.382. The van der Waals surface area contributed by atoms with Crippen LogP contribution in [0, 0.1) is 5.41 Å². The normalized spacial score (nSPS) is 11.4. The molecule has 0 aliphatic carbocycles. The minimum absolute atomic E-state index is 0.0556. The zero-order chi connectivity index (χ0) is 5.86. The molecule has 2 nitrogen and oxygen atoms in total. The van der Waals surface area contributed by atoms with Gasteiger partial charge in [-0.25, -0.2) is 0 Å². The van der Waals surface area contributed by atoms with Crippen LogP contribution in [-0.2, 0) is 0 Å². The van der Waals surface area contributed by atoms with E-state index in [1.54, 1.807) is 0 Å². The van der Waals surface area contributed by atoms with Gasteiger partial charge in [-0.1, -0.05) is 0 Å². The van der Waals surface area contributed by atoms with Crippen molar-refractivity contribution in [1.82, 2.24) is 0 Å². The van der Waals surface area contributed by atoms with E-state index in [1.165, 1.54) is 6.92 Å². The Kier molecular flexibility index (Phi) is 2.05. The van der Waals surface area contributed by atoms with Gasteiger partial charge < -0.3 is 5.11 Å². The van der Waals surface area contributed by atoms with Gasteiger partial charge >= 0.3 is 0 Å². The molecule has 0 aliphatic rings. The molecule has 0 saturated heterocycles. The van der Waals surface area contributed by atoms with E-state index in [0.717, 1.165) is 0 Å². The first-order chi connectivity index (χ1) is 3.18. The molecule has 0 aromatic carbocycles. The Labute approximate surface area is 40.8 Å². The van der Waals surface area contributed by atoms with Crippen molar-refractivity contribution in [3.05, 3.63) is 11.8 Å². The second kappa shape index (κ2) is 2.34. The molecule has 0 unspecified atom stereocenters. The molecule has 0 atom stereocenters. The second-order valence-corrected chi connectivity index (χ2v) is 1.13. The van der Waals surface area contributed by atoms with Crippen molar-refractivity contribution in [3.8, 4) is 0 Å². The Morgan fingerprint density at radius 2 is 2.29 bits per heavy atom. The summed E-state index contributed by atoms with van der Waals surface area (Å²) in [6.07, 6.45) is 0.558. The first-order valence-corrected chi connectivity index (χ1v) is 1.74. The van der Waals surface area contributed by atoms with E-state index >= 15 is 0 Å². The van der Waals surface area contributed by atoms with Gasteiger partial charge in [0.05, 0.1) is 6.26 Å². The van der Waals surface area contributed by atoms with Gasteiger partial charge in [0.25, 0.3) is 0 Å². The number of rotatable bonds is 1. The Hall–Kier alpha value is -0.860. The van der Waals surface area contributed by atoms with Crippen molar-refractivity contribution in [2.24, 2.45) is 0 Å². The third-order valence-electron chi connectivity index (χ3n) is 0.540. The van der Waals surface area contributed by atoms with Crippen molar-refractivity contribution < 1.29 is 9.50 Å². The molecule has 0 heterocycles. The van der Waals surface area contributed by atoms with Crippen LogP contribution in [0.3, 0.4) is 0 Å². The highest BCUT2D eigenvalue weighted by atomic mass is 19.1. The van der Waals surface area contributed by atoms with Crippen LogP contribution in [-0.4, -0.2) is 11.1 Å². The summed E-state index contributed by atoms with van der Waals surface area (Å²) in [5, 5.41) is 14.2. The predicted octanol–water partition coefficient (Wildman–Crippen LogP) is 1.39. The number of aliphatic hydroxyl groups is 1. The summed E-state index contributed by atoms with van der Waals surface area (Å²) in [6, 6.07) is 0. The second-order valence-electron chi connectivity index (χ2n) is 1.13. The van der Waals surface area contributed by atoms with Crippen molar-refractivity contribution >= 4 is 5.97 Å². The van der Waals surface area contributed by atoms with Crippen molar-refractivity contribution in [2.75, 3.05) is 0 Å². The fourth-order valence-electron chi connectivity index (χ4n) is 0.0567. The molecular weight excluding hydrogens is 97.0 g/mol. The van der Waals surface area contributed by atoms with Gasteiger partial charge in [0.15, 0.2) is 0 Å². The molecule has 2 N–H and O–H groups in total. The van der Waals surface area contributed by atoms with E-state index in [4.69, 9.17) is 10.5 Å². The lowest BCUT2D eigenvalue weighted by atomic mass is 10.4. The average Bonchev–Trinajstić information content (AvgIpc) is 1.65. The minimum Gasteiger partial charge on any atom is -0.515 e. The maximum Gasteiger partial charge on any atom is 0.211 e. The molecule has 0 amide bonds. The van der Waals surface area contributed by atoms with Crippen LogP contribution in [0.5, 0.6) is 0 Å². The van der Waals surface area contributed by atoms with Gasteiger partial charge in [0, 0.05) is 5.57 Å². The number of hydrogen-bond acceptors (Lipinski definition) is 2.